The van der Waals surface area contributed by atoms with Gasteiger partial charge in [0.15, 0.2) is 5.79 Å². The van der Waals surface area contributed by atoms with E-state index in [-0.39, 0.29) is 0 Å². The number of ether oxygens (including phenoxy) is 2. The minimum Gasteiger partial charge on any atom is -0.350 e. The van der Waals surface area contributed by atoms with Crippen LogP contribution in [0.15, 0.2) is 30.8 Å². The number of rotatable bonds is 17. The highest BCUT2D eigenvalue weighted by Crippen LogP contribution is 2.28. The largest absolute Gasteiger partial charge is 0.350 e. The van der Waals surface area contributed by atoms with Crippen molar-refractivity contribution in [1.29, 1.82) is 0 Å². The van der Waals surface area contributed by atoms with Crippen LogP contribution in [0.1, 0.15) is 96.1 Å². The third-order valence-electron chi connectivity index (χ3n) is 4.96. The molecule has 0 heterocycles. The van der Waals surface area contributed by atoms with Gasteiger partial charge in [-0.1, -0.05) is 96.2 Å². The summed E-state index contributed by atoms with van der Waals surface area (Å²) >= 11 is 0. The van der Waals surface area contributed by atoms with E-state index < -0.39 is 5.79 Å². The van der Waals surface area contributed by atoms with Crippen LogP contribution in [0.4, 0.5) is 0 Å². The molecule has 0 saturated carbocycles. The number of benzene rings is 1. The molecule has 0 saturated heterocycles. The second-order valence-corrected chi connectivity index (χ2v) is 7.60. The van der Waals surface area contributed by atoms with Crippen molar-refractivity contribution in [1.82, 2.24) is 0 Å². The Bertz CT molecular complexity index is 487. The van der Waals surface area contributed by atoms with Crippen LogP contribution in [0, 0.1) is 0 Å². The molecule has 0 aliphatic heterocycles. The Labute approximate surface area is 168 Å². The minimum absolute atomic E-state index is 0.491. The summed E-state index contributed by atoms with van der Waals surface area (Å²) in [6.07, 6.45) is 14.9. The summed E-state index contributed by atoms with van der Waals surface area (Å²) in [6, 6.07) is 8.58. The predicted molar refractivity (Wildman–Crippen MR) is 118 cm³/mol. The van der Waals surface area contributed by atoms with Gasteiger partial charge in [-0.2, -0.15) is 0 Å². The zero-order chi connectivity index (χ0) is 19.8. The van der Waals surface area contributed by atoms with E-state index in [1.807, 2.05) is 6.08 Å². The van der Waals surface area contributed by atoms with Crippen molar-refractivity contribution in [2.75, 3.05) is 13.2 Å². The molecule has 0 N–H and O–H groups in total. The first-order valence-corrected chi connectivity index (χ1v) is 11.2. The van der Waals surface area contributed by atoms with Crippen molar-refractivity contribution >= 4 is 6.08 Å². The maximum absolute atomic E-state index is 6.36. The Hall–Kier alpha value is -1.12. The SMILES string of the molecule is C=Cc1cccc(CC(CCCCCCCCC)(OCCC)OCCC)c1. The third kappa shape index (κ3) is 10.1. The molecule has 154 valence electrons. The van der Waals surface area contributed by atoms with Crippen LogP contribution >= 0.6 is 0 Å². The van der Waals surface area contributed by atoms with Gasteiger partial charge in [0.05, 0.1) is 0 Å². The van der Waals surface area contributed by atoms with Crippen molar-refractivity contribution in [2.24, 2.45) is 0 Å². The zero-order valence-corrected chi connectivity index (χ0v) is 18.1. The third-order valence-corrected chi connectivity index (χ3v) is 4.96. The maximum atomic E-state index is 6.36. The standard InChI is InChI=1S/C25H42O2/c1-5-9-10-11-12-13-14-18-25(26-19-6-2,27-20-7-3)22-24-17-15-16-23(8-4)21-24/h8,15-17,21H,4-7,9-14,18-20,22H2,1-3H3. The van der Waals surface area contributed by atoms with Gasteiger partial charge in [0.25, 0.3) is 0 Å². The van der Waals surface area contributed by atoms with Crippen LogP contribution < -0.4 is 0 Å². The number of unbranched alkanes of at least 4 members (excludes halogenated alkanes) is 6. The summed E-state index contributed by atoms with van der Waals surface area (Å²) in [6.45, 7) is 12.0. The molecule has 0 aliphatic carbocycles. The van der Waals surface area contributed by atoms with Crippen molar-refractivity contribution in [3.63, 3.8) is 0 Å². The van der Waals surface area contributed by atoms with Gasteiger partial charge in [-0.25, -0.2) is 0 Å². The fourth-order valence-corrected chi connectivity index (χ4v) is 3.45. The highest BCUT2D eigenvalue weighted by molar-refractivity contribution is 5.48. The van der Waals surface area contributed by atoms with E-state index >= 15 is 0 Å². The Kier molecular flexibility index (Phi) is 13.2. The van der Waals surface area contributed by atoms with Crippen molar-refractivity contribution < 1.29 is 9.47 Å². The van der Waals surface area contributed by atoms with Gasteiger partial charge in [-0.3, -0.25) is 0 Å². The van der Waals surface area contributed by atoms with Crippen LogP contribution in [0.5, 0.6) is 0 Å². The molecule has 2 heteroatoms. The van der Waals surface area contributed by atoms with E-state index in [1.54, 1.807) is 0 Å². The Morgan fingerprint density at radius 2 is 1.48 bits per heavy atom. The van der Waals surface area contributed by atoms with Crippen molar-refractivity contribution in [3.8, 4) is 0 Å². The van der Waals surface area contributed by atoms with E-state index in [1.165, 1.54) is 50.5 Å². The predicted octanol–water partition coefficient (Wildman–Crippen LogP) is 7.56. The minimum atomic E-state index is -0.491. The highest BCUT2D eigenvalue weighted by Gasteiger charge is 2.31. The average Bonchev–Trinajstić information content (AvgIpc) is 2.70. The molecule has 0 aromatic heterocycles. The van der Waals surface area contributed by atoms with E-state index in [0.717, 1.165) is 44.5 Å². The molecule has 0 fully saturated rings. The molecular weight excluding hydrogens is 332 g/mol. The number of hydrogen-bond acceptors (Lipinski definition) is 2. The van der Waals surface area contributed by atoms with Gasteiger partial charge in [-0.05, 0) is 30.4 Å². The quantitative estimate of drug-likeness (QED) is 0.207. The first-order valence-electron chi connectivity index (χ1n) is 11.2. The second-order valence-electron chi connectivity index (χ2n) is 7.60. The topological polar surface area (TPSA) is 18.5 Å². The van der Waals surface area contributed by atoms with Crippen LogP contribution in [0.3, 0.4) is 0 Å². The molecule has 0 spiro atoms. The average molecular weight is 375 g/mol. The molecule has 0 bridgehead atoms. The monoisotopic (exact) mass is 374 g/mol. The van der Waals surface area contributed by atoms with Crippen molar-refractivity contribution in [2.45, 2.75) is 97.2 Å². The lowest BCUT2D eigenvalue weighted by Gasteiger charge is -2.34. The van der Waals surface area contributed by atoms with Gasteiger partial charge >= 0.3 is 0 Å². The molecule has 2 nitrogen and oxygen atoms in total. The molecule has 0 unspecified atom stereocenters. The lowest BCUT2D eigenvalue weighted by Crippen LogP contribution is -2.39. The van der Waals surface area contributed by atoms with Crippen LogP contribution in [-0.4, -0.2) is 19.0 Å². The van der Waals surface area contributed by atoms with Crippen LogP contribution in [-0.2, 0) is 15.9 Å². The lowest BCUT2D eigenvalue weighted by atomic mass is 9.96. The lowest BCUT2D eigenvalue weighted by molar-refractivity contribution is -0.241. The van der Waals surface area contributed by atoms with Gasteiger partial charge in [-0.15, -0.1) is 0 Å². The Morgan fingerprint density at radius 3 is 2.07 bits per heavy atom. The first-order chi connectivity index (χ1) is 13.2. The Morgan fingerprint density at radius 1 is 0.852 bits per heavy atom. The molecule has 0 radical (unpaired) electrons. The van der Waals surface area contributed by atoms with Crippen molar-refractivity contribution in [3.05, 3.63) is 42.0 Å². The van der Waals surface area contributed by atoms with E-state index in [4.69, 9.17) is 9.47 Å². The summed E-state index contributed by atoms with van der Waals surface area (Å²) in [7, 11) is 0. The first kappa shape index (κ1) is 23.9. The summed E-state index contributed by atoms with van der Waals surface area (Å²) in [5.74, 6) is -0.491. The Balaban J connectivity index is 2.73. The summed E-state index contributed by atoms with van der Waals surface area (Å²) in [5.41, 5.74) is 2.42. The van der Waals surface area contributed by atoms with E-state index in [0.29, 0.717) is 0 Å². The molecule has 0 amide bonds. The van der Waals surface area contributed by atoms with Crippen LogP contribution in [0.25, 0.3) is 6.08 Å². The zero-order valence-electron chi connectivity index (χ0n) is 18.1. The molecule has 1 aromatic rings. The smallest absolute Gasteiger partial charge is 0.172 e. The van der Waals surface area contributed by atoms with Gasteiger partial charge < -0.3 is 9.47 Å². The molecule has 0 atom stereocenters. The van der Waals surface area contributed by atoms with Gasteiger partial charge in [0, 0.05) is 26.1 Å². The maximum Gasteiger partial charge on any atom is 0.172 e. The summed E-state index contributed by atoms with van der Waals surface area (Å²) in [4.78, 5) is 0. The second kappa shape index (κ2) is 14.9. The van der Waals surface area contributed by atoms with Gasteiger partial charge in [0.1, 0.15) is 0 Å². The van der Waals surface area contributed by atoms with E-state index in [9.17, 15) is 0 Å². The fourth-order valence-electron chi connectivity index (χ4n) is 3.45. The molecule has 0 aliphatic rings. The molecule has 1 aromatic carbocycles. The van der Waals surface area contributed by atoms with E-state index in [2.05, 4.69) is 51.6 Å². The fraction of sp³-hybridized carbons (Fsp3) is 0.680. The summed E-state index contributed by atoms with van der Waals surface area (Å²) in [5, 5.41) is 0. The summed E-state index contributed by atoms with van der Waals surface area (Å²) < 4.78 is 12.7. The molecule has 27 heavy (non-hydrogen) atoms. The normalized spacial score (nSPS) is 11.7. The highest BCUT2D eigenvalue weighted by atomic mass is 16.7. The molecular formula is C25H42O2. The van der Waals surface area contributed by atoms with Gasteiger partial charge in [0.2, 0.25) is 0 Å². The number of hydrogen-bond donors (Lipinski definition) is 0. The van der Waals surface area contributed by atoms with Crippen LogP contribution in [0.2, 0.25) is 0 Å². The molecule has 1 rings (SSSR count).